The van der Waals surface area contributed by atoms with E-state index < -0.39 is 4.92 Å². The van der Waals surface area contributed by atoms with Gasteiger partial charge in [-0.25, -0.2) is 0 Å². The summed E-state index contributed by atoms with van der Waals surface area (Å²) in [7, 11) is 0. The summed E-state index contributed by atoms with van der Waals surface area (Å²) in [5.74, 6) is 1.97. The van der Waals surface area contributed by atoms with Crippen molar-refractivity contribution in [3.63, 3.8) is 0 Å². The van der Waals surface area contributed by atoms with Gasteiger partial charge < -0.3 is 19.1 Å². The molecule has 0 unspecified atom stereocenters. The van der Waals surface area contributed by atoms with Crippen molar-refractivity contribution in [2.75, 3.05) is 19.8 Å². The Hall–Kier alpha value is -4.40. The van der Waals surface area contributed by atoms with Crippen molar-refractivity contribution < 1.29 is 23.9 Å². The number of carbonyl (C=O) groups excluding carboxylic acids is 1. The lowest BCUT2D eigenvalue weighted by molar-refractivity contribution is -0.385. The molecule has 2 aliphatic rings. The van der Waals surface area contributed by atoms with Crippen molar-refractivity contribution in [3.05, 3.63) is 81.4 Å². The minimum Gasteiger partial charge on any atom is -0.493 e. The highest BCUT2D eigenvalue weighted by molar-refractivity contribution is 6.03. The van der Waals surface area contributed by atoms with Crippen LogP contribution in [0.1, 0.15) is 60.0 Å². The Morgan fingerprint density at radius 1 is 0.927 bits per heavy atom. The van der Waals surface area contributed by atoms with E-state index in [9.17, 15) is 14.9 Å². The standard InChI is InChI=1S/C32H35N3O6/c1-22-9-11-25(12-10-22)41-30-14-13-26(19-29(30)35(37)38)39-16-5-3-4-6-17-40-31-20-28-27(18-23(31)2)32(36)34-15-7-8-24(34)21-33-28/h9-14,18-21,24H,3-8,15-17H2,1-2H3/t24-/m0/s1. The Morgan fingerprint density at radius 2 is 1.66 bits per heavy atom. The van der Waals surface area contributed by atoms with Gasteiger partial charge in [0, 0.05) is 18.8 Å². The van der Waals surface area contributed by atoms with Crippen molar-refractivity contribution in [2.45, 2.75) is 58.4 Å². The fraction of sp³-hybridized carbons (Fsp3) is 0.375. The molecule has 3 aromatic carbocycles. The third-order valence-electron chi connectivity index (χ3n) is 7.41. The molecule has 2 heterocycles. The number of hydrogen-bond acceptors (Lipinski definition) is 7. The molecule has 214 valence electrons. The molecule has 0 N–H and O–H groups in total. The molecule has 0 radical (unpaired) electrons. The summed E-state index contributed by atoms with van der Waals surface area (Å²) in [5.41, 5.74) is 3.20. The van der Waals surface area contributed by atoms with Crippen molar-refractivity contribution in [1.29, 1.82) is 0 Å². The third kappa shape index (κ3) is 6.85. The fourth-order valence-corrected chi connectivity index (χ4v) is 5.11. The van der Waals surface area contributed by atoms with Gasteiger partial charge in [-0.05, 0) is 88.3 Å². The largest absolute Gasteiger partial charge is 0.493 e. The maximum atomic E-state index is 13.0. The highest BCUT2D eigenvalue weighted by Gasteiger charge is 2.32. The van der Waals surface area contributed by atoms with Crippen LogP contribution in [0.25, 0.3) is 0 Å². The summed E-state index contributed by atoms with van der Waals surface area (Å²) in [5, 5.41) is 11.6. The highest BCUT2D eigenvalue weighted by Crippen LogP contribution is 2.35. The van der Waals surface area contributed by atoms with Crippen molar-refractivity contribution in [1.82, 2.24) is 4.90 Å². The average Bonchev–Trinajstić information content (AvgIpc) is 3.40. The van der Waals surface area contributed by atoms with Crippen LogP contribution in [0.4, 0.5) is 11.4 Å². The van der Waals surface area contributed by atoms with Crippen LogP contribution >= 0.6 is 0 Å². The Kier molecular flexibility index (Phi) is 8.82. The summed E-state index contributed by atoms with van der Waals surface area (Å²) in [4.78, 5) is 30.6. The molecule has 0 saturated carbocycles. The van der Waals surface area contributed by atoms with Gasteiger partial charge in [0.25, 0.3) is 5.91 Å². The Labute approximate surface area is 239 Å². The number of nitro benzene ring substituents is 1. The zero-order chi connectivity index (χ0) is 28.8. The van der Waals surface area contributed by atoms with Crippen LogP contribution in [0.2, 0.25) is 0 Å². The number of fused-ring (bicyclic) bond motifs is 2. The molecule has 0 spiro atoms. The smallest absolute Gasteiger partial charge is 0.315 e. The maximum absolute atomic E-state index is 13.0. The second kappa shape index (κ2) is 12.8. The van der Waals surface area contributed by atoms with Crippen molar-refractivity contribution in [3.8, 4) is 23.0 Å². The maximum Gasteiger partial charge on any atom is 0.315 e. The van der Waals surface area contributed by atoms with Crippen LogP contribution in [-0.2, 0) is 0 Å². The van der Waals surface area contributed by atoms with Gasteiger partial charge >= 0.3 is 5.69 Å². The first kappa shape index (κ1) is 28.1. The summed E-state index contributed by atoms with van der Waals surface area (Å²) in [6, 6.07) is 15.9. The molecule has 9 nitrogen and oxygen atoms in total. The summed E-state index contributed by atoms with van der Waals surface area (Å²) < 4.78 is 17.5. The molecule has 1 amide bonds. The van der Waals surface area contributed by atoms with Gasteiger partial charge in [0.1, 0.15) is 17.2 Å². The highest BCUT2D eigenvalue weighted by atomic mass is 16.6. The number of benzene rings is 3. The molecular formula is C32H35N3O6. The molecule has 1 fully saturated rings. The van der Waals surface area contributed by atoms with Crippen molar-refractivity contribution >= 4 is 23.5 Å². The number of ether oxygens (including phenoxy) is 3. The van der Waals surface area contributed by atoms with Crippen LogP contribution in [0, 0.1) is 24.0 Å². The lowest BCUT2D eigenvalue weighted by Crippen LogP contribution is -2.35. The number of unbranched alkanes of at least 4 members (excludes halogenated alkanes) is 3. The quantitative estimate of drug-likeness (QED) is 0.131. The number of hydrogen-bond donors (Lipinski definition) is 0. The van der Waals surface area contributed by atoms with Gasteiger partial charge in [0.15, 0.2) is 0 Å². The molecule has 3 aromatic rings. The van der Waals surface area contributed by atoms with Crippen LogP contribution < -0.4 is 14.2 Å². The second-order valence-electron chi connectivity index (χ2n) is 10.5. The number of nitro groups is 1. The first-order valence-electron chi connectivity index (χ1n) is 14.2. The Balaban J connectivity index is 1.04. The van der Waals surface area contributed by atoms with E-state index in [0.29, 0.717) is 36.0 Å². The van der Waals surface area contributed by atoms with E-state index in [1.54, 1.807) is 24.3 Å². The normalized spacial score (nSPS) is 15.7. The van der Waals surface area contributed by atoms with E-state index in [4.69, 9.17) is 14.2 Å². The van der Waals surface area contributed by atoms with Crippen LogP contribution in [0.5, 0.6) is 23.0 Å². The number of carbonyl (C=O) groups is 1. The molecule has 0 bridgehead atoms. The second-order valence-corrected chi connectivity index (χ2v) is 10.5. The van der Waals surface area contributed by atoms with E-state index >= 15 is 0 Å². The molecule has 0 aliphatic carbocycles. The Morgan fingerprint density at radius 3 is 2.41 bits per heavy atom. The molecule has 1 atom stereocenters. The number of aliphatic imine (C=N–C) groups is 1. The van der Waals surface area contributed by atoms with Gasteiger partial charge in [-0.2, -0.15) is 0 Å². The van der Waals surface area contributed by atoms with E-state index in [0.717, 1.165) is 61.9 Å². The minimum absolute atomic E-state index is 0.0537. The van der Waals surface area contributed by atoms with Crippen LogP contribution in [0.3, 0.4) is 0 Å². The predicted molar refractivity (Wildman–Crippen MR) is 157 cm³/mol. The SMILES string of the molecule is Cc1ccc(Oc2ccc(OCCCCCCOc3cc4c(cc3C)C(=O)N3CCC[C@H]3C=N4)cc2[N+](=O)[O-])cc1. The third-order valence-corrected chi connectivity index (χ3v) is 7.41. The molecule has 1 saturated heterocycles. The predicted octanol–water partition coefficient (Wildman–Crippen LogP) is 7.34. The number of nitrogens with zero attached hydrogens (tertiary/aromatic N) is 3. The lowest BCUT2D eigenvalue weighted by Gasteiger charge is -2.20. The van der Waals surface area contributed by atoms with Crippen LogP contribution in [0.15, 0.2) is 59.6 Å². The Bertz CT molecular complexity index is 1440. The molecule has 41 heavy (non-hydrogen) atoms. The number of rotatable bonds is 12. The van der Waals surface area contributed by atoms with Gasteiger partial charge in [-0.1, -0.05) is 17.7 Å². The van der Waals surface area contributed by atoms with Gasteiger partial charge in [-0.3, -0.25) is 19.9 Å². The first-order chi connectivity index (χ1) is 19.9. The number of aryl methyl sites for hydroxylation is 2. The molecule has 5 rings (SSSR count). The zero-order valence-corrected chi connectivity index (χ0v) is 23.5. The van der Waals surface area contributed by atoms with Crippen molar-refractivity contribution in [2.24, 2.45) is 4.99 Å². The summed E-state index contributed by atoms with van der Waals surface area (Å²) >= 11 is 0. The molecule has 0 aromatic heterocycles. The minimum atomic E-state index is -0.463. The van der Waals surface area contributed by atoms with E-state index in [2.05, 4.69) is 4.99 Å². The first-order valence-corrected chi connectivity index (χ1v) is 14.2. The van der Waals surface area contributed by atoms with Gasteiger partial charge in [0.2, 0.25) is 5.75 Å². The topological polar surface area (TPSA) is 104 Å². The van der Waals surface area contributed by atoms with E-state index in [1.807, 2.05) is 49.2 Å². The van der Waals surface area contributed by atoms with Crippen LogP contribution in [-0.4, -0.2) is 47.7 Å². The van der Waals surface area contributed by atoms with Gasteiger partial charge in [-0.15, -0.1) is 0 Å². The fourth-order valence-electron chi connectivity index (χ4n) is 5.11. The molecular weight excluding hydrogens is 522 g/mol. The summed E-state index contributed by atoms with van der Waals surface area (Å²) in [6.45, 7) is 5.74. The molecule has 9 heteroatoms. The monoisotopic (exact) mass is 557 g/mol. The zero-order valence-electron chi connectivity index (χ0n) is 23.5. The van der Waals surface area contributed by atoms with E-state index in [1.165, 1.54) is 6.07 Å². The number of amides is 1. The van der Waals surface area contributed by atoms with E-state index in [-0.39, 0.29) is 23.4 Å². The molecule has 2 aliphatic heterocycles. The van der Waals surface area contributed by atoms with Gasteiger partial charge in [0.05, 0.1) is 41.5 Å². The summed E-state index contributed by atoms with van der Waals surface area (Å²) in [6.07, 6.45) is 7.48. The lowest BCUT2D eigenvalue weighted by atomic mass is 10.1. The average molecular weight is 558 g/mol.